The van der Waals surface area contributed by atoms with Crippen LogP contribution in [0.4, 0.5) is 10.8 Å². The molecule has 146 valence electrons. The maximum absolute atomic E-state index is 12.2. The van der Waals surface area contributed by atoms with Crippen LogP contribution in [0.5, 0.6) is 5.75 Å². The number of hydrogen-bond acceptors (Lipinski definition) is 8. The van der Waals surface area contributed by atoms with Crippen LogP contribution in [0.2, 0.25) is 5.02 Å². The Hall–Kier alpha value is -2.08. The maximum atomic E-state index is 12.2. The lowest BCUT2D eigenvalue weighted by Crippen LogP contribution is -2.14. The molecule has 2 amide bonds. The van der Waals surface area contributed by atoms with Crippen LogP contribution in [0.3, 0.4) is 0 Å². The smallest absolute Gasteiger partial charge is 0.293 e. The first-order valence-corrected chi connectivity index (χ1v) is 10.6. The lowest BCUT2D eigenvalue weighted by molar-refractivity contribution is -0.113. The fourth-order valence-electron chi connectivity index (χ4n) is 2.01. The summed E-state index contributed by atoms with van der Waals surface area (Å²) in [5.41, 5.74) is 0.482. The van der Waals surface area contributed by atoms with Gasteiger partial charge in [0.15, 0.2) is 14.8 Å². The highest BCUT2D eigenvalue weighted by Gasteiger charge is 2.15. The summed E-state index contributed by atoms with van der Waals surface area (Å²) < 4.78 is 11.3. The van der Waals surface area contributed by atoms with E-state index in [1.807, 2.05) is 0 Å². The van der Waals surface area contributed by atoms with Gasteiger partial charge in [0.05, 0.1) is 18.6 Å². The van der Waals surface area contributed by atoms with Crippen LogP contribution in [0.15, 0.2) is 43.8 Å². The summed E-state index contributed by atoms with van der Waals surface area (Å²) in [7, 11) is 1.51. The minimum absolute atomic E-state index is 0.101. The molecule has 0 atom stereocenters. The molecular weight excluding hydrogens is 492 g/mol. The average molecular weight is 504 g/mol. The van der Waals surface area contributed by atoms with E-state index in [0.29, 0.717) is 30.6 Å². The monoisotopic (exact) mass is 502 g/mol. The summed E-state index contributed by atoms with van der Waals surface area (Å²) in [5.74, 6) is 0.0546. The predicted molar refractivity (Wildman–Crippen MR) is 112 cm³/mol. The molecule has 0 unspecified atom stereocenters. The van der Waals surface area contributed by atoms with Gasteiger partial charge >= 0.3 is 0 Å². The van der Waals surface area contributed by atoms with Crippen molar-refractivity contribution in [2.75, 3.05) is 23.5 Å². The normalized spacial score (nSPS) is 10.5. The van der Waals surface area contributed by atoms with E-state index in [2.05, 4.69) is 36.8 Å². The predicted octanol–water partition coefficient (Wildman–Crippen LogP) is 4.54. The van der Waals surface area contributed by atoms with E-state index in [-0.39, 0.29) is 17.4 Å². The van der Waals surface area contributed by atoms with Crippen molar-refractivity contribution in [3.63, 3.8) is 0 Å². The molecule has 0 aliphatic heterocycles. The van der Waals surface area contributed by atoms with Crippen LogP contribution < -0.4 is 15.4 Å². The van der Waals surface area contributed by atoms with Gasteiger partial charge in [-0.1, -0.05) is 34.7 Å². The van der Waals surface area contributed by atoms with E-state index < -0.39 is 5.91 Å². The molecule has 0 fully saturated rings. The highest BCUT2D eigenvalue weighted by Crippen LogP contribution is 2.29. The first-order chi connectivity index (χ1) is 13.4. The van der Waals surface area contributed by atoms with Crippen molar-refractivity contribution in [2.24, 2.45) is 0 Å². The maximum Gasteiger partial charge on any atom is 0.293 e. The Bertz CT molecular complexity index is 1010. The largest absolute Gasteiger partial charge is 0.495 e. The van der Waals surface area contributed by atoms with Crippen molar-refractivity contribution in [2.45, 2.75) is 4.34 Å². The summed E-state index contributed by atoms with van der Waals surface area (Å²) in [5, 5.41) is 13.9. The molecule has 0 aliphatic rings. The number of benzene rings is 1. The highest BCUT2D eigenvalue weighted by molar-refractivity contribution is 9.10. The van der Waals surface area contributed by atoms with Crippen LogP contribution in [0, 0.1) is 0 Å². The second kappa shape index (κ2) is 9.41. The van der Waals surface area contributed by atoms with E-state index in [1.165, 1.54) is 24.9 Å². The number of anilines is 2. The second-order valence-electron chi connectivity index (χ2n) is 5.11. The molecule has 8 nitrogen and oxygen atoms in total. The van der Waals surface area contributed by atoms with Gasteiger partial charge in [-0.25, -0.2) is 0 Å². The number of ether oxygens (including phenoxy) is 1. The summed E-state index contributed by atoms with van der Waals surface area (Å²) in [6.07, 6.45) is 0. The Morgan fingerprint density at radius 2 is 2.11 bits per heavy atom. The highest BCUT2D eigenvalue weighted by atomic mass is 79.9. The summed E-state index contributed by atoms with van der Waals surface area (Å²) in [6.45, 7) is 0. The van der Waals surface area contributed by atoms with E-state index in [4.69, 9.17) is 20.8 Å². The van der Waals surface area contributed by atoms with Gasteiger partial charge in [0.1, 0.15) is 5.75 Å². The van der Waals surface area contributed by atoms with Gasteiger partial charge in [0.25, 0.3) is 5.91 Å². The standard InChI is InChI=1S/C16H12BrClN4O4S2/c1-25-10-3-2-8(18)6-9(10)19-13(23)7-27-16-22-21-15(28-16)20-14(24)11-4-5-12(17)26-11/h2-6H,7H2,1H3,(H,19,23)(H,20,21,24). The Labute approximate surface area is 181 Å². The Balaban J connectivity index is 1.53. The molecule has 0 radical (unpaired) electrons. The molecule has 0 saturated heterocycles. The fourth-order valence-corrected chi connectivity index (χ4v) is 4.03. The Morgan fingerprint density at radius 1 is 1.29 bits per heavy atom. The minimum Gasteiger partial charge on any atom is -0.495 e. The number of halogens is 2. The molecular formula is C16H12BrClN4O4S2. The molecule has 1 aromatic carbocycles. The third-order valence-electron chi connectivity index (χ3n) is 3.19. The molecule has 0 saturated carbocycles. The molecule has 12 heteroatoms. The third-order valence-corrected chi connectivity index (χ3v) is 5.82. The van der Waals surface area contributed by atoms with Gasteiger partial charge in [0.2, 0.25) is 11.0 Å². The number of carbonyl (C=O) groups excluding carboxylic acids is 2. The van der Waals surface area contributed by atoms with Crippen molar-refractivity contribution < 1.29 is 18.7 Å². The molecule has 0 aliphatic carbocycles. The minimum atomic E-state index is -0.441. The van der Waals surface area contributed by atoms with Crippen molar-refractivity contribution in [1.29, 1.82) is 0 Å². The molecule has 3 rings (SSSR count). The van der Waals surface area contributed by atoms with Crippen molar-refractivity contribution >= 4 is 73.3 Å². The van der Waals surface area contributed by atoms with Crippen LogP contribution in [-0.4, -0.2) is 34.9 Å². The summed E-state index contributed by atoms with van der Waals surface area (Å²) >= 11 is 11.4. The number of amides is 2. The zero-order chi connectivity index (χ0) is 20.1. The summed E-state index contributed by atoms with van der Waals surface area (Å²) in [4.78, 5) is 24.2. The number of aromatic nitrogens is 2. The zero-order valence-electron chi connectivity index (χ0n) is 14.2. The third kappa shape index (κ3) is 5.47. The number of methoxy groups -OCH3 is 1. The molecule has 0 bridgehead atoms. The van der Waals surface area contributed by atoms with Gasteiger partial charge in [0, 0.05) is 5.02 Å². The van der Waals surface area contributed by atoms with Crippen molar-refractivity contribution in [3.05, 3.63) is 45.8 Å². The van der Waals surface area contributed by atoms with Gasteiger partial charge in [-0.2, -0.15) is 0 Å². The van der Waals surface area contributed by atoms with Gasteiger partial charge in [-0.3, -0.25) is 14.9 Å². The van der Waals surface area contributed by atoms with E-state index >= 15 is 0 Å². The number of rotatable bonds is 7. The number of thioether (sulfide) groups is 1. The summed E-state index contributed by atoms with van der Waals surface area (Å²) in [6, 6.07) is 8.09. The van der Waals surface area contributed by atoms with E-state index in [1.54, 1.807) is 24.3 Å². The van der Waals surface area contributed by atoms with Crippen LogP contribution in [0.1, 0.15) is 10.6 Å². The van der Waals surface area contributed by atoms with E-state index in [9.17, 15) is 9.59 Å². The fraction of sp³-hybridized carbons (Fsp3) is 0.125. The molecule has 2 heterocycles. The first-order valence-electron chi connectivity index (χ1n) is 7.61. The van der Waals surface area contributed by atoms with Gasteiger partial charge in [-0.15, -0.1) is 10.2 Å². The van der Waals surface area contributed by atoms with Crippen LogP contribution in [0.25, 0.3) is 0 Å². The molecule has 2 N–H and O–H groups in total. The van der Waals surface area contributed by atoms with Gasteiger partial charge in [-0.05, 0) is 46.3 Å². The van der Waals surface area contributed by atoms with E-state index in [0.717, 1.165) is 11.3 Å². The quantitative estimate of drug-likeness (QED) is 0.360. The molecule has 0 spiro atoms. The average Bonchev–Trinajstić information content (AvgIpc) is 3.29. The second-order valence-corrected chi connectivity index (χ2v) is 8.53. The first kappa shape index (κ1) is 20.6. The van der Waals surface area contributed by atoms with Crippen LogP contribution in [-0.2, 0) is 4.79 Å². The number of carbonyl (C=O) groups is 2. The van der Waals surface area contributed by atoms with Crippen molar-refractivity contribution in [3.8, 4) is 5.75 Å². The lowest BCUT2D eigenvalue weighted by atomic mass is 10.3. The number of hydrogen-bond donors (Lipinski definition) is 2. The number of nitrogens with one attached hydrogen (secondary N) is 2. The number of nitrogens with zero attached hydrogens (tertiary/aromatic N) is 2. The topological polar surface area (TPSA) is 106 Å². The zero-order valence-corrected chi connectivity index (χ0v) is 18.2. The van der Waals surface area contributed by atoms with Crippen molar-refractivity contribution in [1.82, 2.24) is 10.2 Å². The molecule has 2 aromatic heterocycles. The SMILES string of the molecule is COc1ccc(Cl)cc1NC(=O)CSc1nnc(NC(=O)c2ccc(Br)o2)s1. The lowest BCUT2D eigenvalue weighted by Gasteiger charge is -2.09. The van der Waals surface area contributed by atoms with Gasteiger partial charge < -0.3 is 14.5 Å². The molecule has 28 heavy (non-hydrogen) atoms. The Kier molecular flexibility index (Phi) is 6.94. The Morgan fingerprint density at radius 3 is 2.82 bits per heavy atom. The number of furan rings is 1. The molecule has 3 aromatic rings. The van der Waals surface area contributed by atoms with Crippen LogP contribution >= 0.6 is 50.6 Å².